The van der Waals surface area contributed by atoms with Crippen molar-refractivity contribution < 1.29 is 9.59 Å². The number of aromatic nitrogens is 1. The molecular weight excluding hydrogens is 424 g/mol. The number of Topliss-reactive ketones (excluding diaryl/α,β-unsaturated/α-hetero) is 1. The molecule has 1 aromatic heterocycles. The molecule has 0 bridgehead atoms. The second-order valence-corrected chi connectivity index (χ2v) is 9.42. The molecule has 5 rings (SSSR count). The van der Waals surface area contributed by atoms with Gasteiger partial charge in [-0.2, -0.15) is 0 Å². The Hall–Kier alpha value is -3.38. The summed E-state index contributed by atoms with van der Waals surface area (Å²) < 4.78 is 0. The van der Waals surface area contributed by atoms with E-state index in [2.05, 4.69) is 52.1 Å². The van der Waals surface area contributed by atoms with Gasteiger partial charge in [-0.25, -0.2) is 0 Å². The van der Waals surface area contributed by atoms with Gasteiger partial charge in [0, 0.05) is 62.1 Å². The number of rotatable bonds is 6. The van der Waals surface area contributed by atoms with Crippen molar-refractivity contribution >= 4 is 28.3 Å². The summed E-state index contributed by atoms with van der Waals surface area (Å²) in [4.78, 5) is 33.0. The third-order valence-electron chi connectivity index (χ3n) is 7.13. The third kappa shape index (κ3) is 4.64. The summed E-state index contributed by atoms with van der Waals surface area (Å²) in [7, 11) is 0. The number of nitrogens with zero attached hydrogens (tertiary/aromatic N) is 2. The van der Waals surface area contributed by atoms with Gasteiger partial charge >= 0.3 is 0 Å². The zero-order valence-electron chi connectivity index (χ0n) is 19.6. The summed E-state index contributed by atoms with van der Waals surface area (Å²) in [6, 6.07) is 16.7. The number of likely N-dealkylation sites (tertiary alicyclic amines) is 1. The van der Waals surface area contributed by atoms with E-state index >= 15 is 0 Å². The Balaban J connectivity index is 1.33. The minimum Gasteiger partial charge on any atom is -0.371 e. The molecule has 0 spiro atoms. The number of carbonyl (C=O) groups excluding carboxylic acids is 2. The van der Waals surface area contributed by atoms with Crippen LogP contribution in [-0.2, 0) is 11.2 Å². The standard InChI is InChI=1S/C28H32N4O2/c1-20(32-13-5-8-22(19-32)16-21-6-3-2-4-7-21)23-9-10-26-24(17-23)25(18-30-26)27(33)28(34)31-14-11-29-12-15-31/h2-4,6-7,9-10,17-18,22,29-30H,1,5,8,11-16,19H2. The van der Waals surface area contributed by atoms with Gasteiger partial charge in [-0.15, -0.1) is 0 Å². The summed E-state index contributed by atoms with van der Waals surface area (Å²) >= 11 is 0. The molecule has 0 radical (unpaired) electrons. The first-order valence-corrected chi connectivity index (χ1v) is 12.2. The predicted octanol–water partition coefficient (Wildman–Crippen LogP) is 3.71. The first kappa shape index (κ1) is 22.4. The molecule has 6 nitrogen and oxygen atoms in total. The average Bonchev–Trinajstić information content (AvgIpc) is 3.32. The molecule has 1 atom stereocenters. The van der Waals surface area contributed by atoms with Crippen LogP contribution in [0.15, 0.2) is 61.3 Å². The summed E-state index contributed by atoms with van der Waals surface area (Å²) in [5.41, 5.74) is 4.65. The number of amides is 1. The van der Waals surface area contributed by atoms with Crippen molar-refractivity contribution in [2.45, 2.75) is 19.3 Å². The maximum absolute atomic E-state index is 13.1. The molecule has 1 amide bonds. The van der Waals surface area contributed by atoms with Crippen molar-refractivity contribution in [3.8, 4) is 0 Å². The quantitative estimate of drug-likeness (QED) is 0.438. The molecule has 2 aliphatic heterocycles. The van der Waals surface area contributed by atoms with Crippen LogP contribution in [-0.4, -0.2) is 65.7 Å². The Morgan fingerprint density at radius 1 is 1.00 bits per heavy atom. The second kappa shape index (κ2) is 9.85. The number of ketones is 1. The molecule has 2 fully saturated rings. The van der Waals surface area contributed by atoms with Gasteiger partial charge in [0.1, 0.15) is 0 Å². The molecule has 1 unspecified atom stereocenters. The molecule has 2 aliphatic rings. The zero-order chi connectivity index (χ0) is 23.5. The molecule has 0 saturated carbocycles. The predicted molar refractivity (Wildman–Crippen MR) is 136 cm³/mol. The summed E-state index contributed by atoms with van der Waals surface area (Å²) in [6.07, 6.45) is 5.11. The molecule has 2 saturated heterocycles. The number of piperidine rings is 1. The minimum absolute atomic E-state index is 0.425. The van der Waals surface area contributed by atoms with Crippen molar-refractivity contribution in [2.24, 2.45) is 5.92 Å². The molecule has 176 valence electrons. The van der Waals surface area contributed by atoms with Crippen LogP contribution < -0.4 is 5.32 Å². The highest BCUT2D eigenvalue weighted by Crippen LogP contribution is 2.30. The Kier molecular flexibility index (Phi) is 6.50. The lowest BCUT2D eigenvalue weighted by Crippen LogP contribution is -2.48. The fourth-order valence-electron chi connectivity index (χ4n) is 5.22. The number of piperazine rings is 1. The molecular formula is C28H32N4O2. The monoisotopic (exact) mass is 456 g/mol. The maximum Gasteiger partial charge on any atom is 0.295 e. The Labute approximate surface area is 200 Å². The van der Waals surface area contributed by atoms with Gasteiger partial charge in [-0.1, -0.05) is 43.0 Å². The number of benzene rings is 2. The maximum atomic E-state index is 13.1. The lowest BCUT2D eigenvalue weighted by molar-refractivity contribution is -0.126. The van der Waals surface area contributed by atoms with Crippen LogP contribution >= 0.6 is 0 Å². The van der Waals surface area contributed by atoms with Crippen LogP contribution in [0.1, 0.15) is 34.3 Å². The molecule has 2 aromatic carbocycles. The Morgan fingerprint density at radius 2 is 1.79 bits per heavy atom. The lowest BCUT2D eigenvalue weighted by Gasteiger charge is -2.36. The van der Waals surface area contributed by atoms with Crippen molar-refractivity contribution in [3.63, 3.8) is 0 Å². The van der Waals surface area contributed by atoms with Crippen molar-refractivity contribution in [2.75, 3.05) is 39.3 Å². The Morgan fingerprint density at radius 3 is 2.59 bits per heavy atom. The van der Waals surface area contributed by atoms with E-state index < -0.39 is 11.7 Å². The zero-order valence-corrected chi connectivity index (χ0v) is 19.6. The van der Waals surface area contributed by atoms with Crippen LogP contribution in [0, 0.1) is 5.92 Å². The highest BCUT2D eigenvalue weighted by atomic mass is 16.2. The normalized spacial score (nSPS) is 18.8. The molecule has 34 heavy (non-hydrogen) atoms. The van der Waals surface area contributed by atoms with E-state index in [1.807, 2.05) is 18.2 Å². The van der Waals surface area contributed by atoms with Gasteiger partial charge < -0.3 is 20.1 Å². The van der Waals surface area contributed by atoms with Gasteiger partial charge in [-0.05, 0) is 48.4 Å². The van der Waals surface area contributed by atoms with Crippen LogP contribution in [0.2, 0.25) is 0 Å². The highest BCUT2D eigenvalue weighted by Gasteiger charge is 2.27. The van der Waals surface area contributed by atoms with Crippen LogP contribution in [0.3, 0.4) is 0 Å². The number of aromatic amines is 1. The fourth-order valence-corrected chi connectivity index (χ4v) is 5.22. The molecule has 0 aliphatic carbocycles. The Bertz CT molecular complexity index is 1190. The lowest BCUT2D eigenvalue weighted by atomic mass is 9.90. The van der Waals surface area contributed by atoms with Crippen LogP contribution in [0.25, 0.3) is 16.6 Å². The van der Waals surface area contributed by atoms with E-state index in [1.165, 1.54) is 12.0 Å². The van der Waals surface area contributed by atoms with E-state index in [-0.39, 0.29) is 0 Å². The molecule has 6 heteroatoms. The van der Waals surface area contributed by atoms with Crippen LogP contribution in [0.5, 0.6) is 0 Å². The van der Waals surface area contributed by atoms with Gasteiger partial charge in [0.15, 0.2) is 0 Å². The molecule has 2 N–H and O–H groups in total. The van der Waals surface area contributed by atoms with Gasteiger partial charge in [0.2, 0.25) is 0 Å². The van der Waals surface area contributed by atoms with Crippen molar-refractivity contribution in [1.29, 1.82) is 0 Å². The largest absolute Gasteiger partial charge is 0.371 e. The molecule has 3 heterocycles. The van der Waals surface area contributed by atoms with Crippen molar-refractivity contribution in [1.82, 2.24) is 20.1 Å². The fraction of sp³-hybridized carbons (Fsp3) is 0.357. The molecule has 3 aromatic rings. The third-order valence-corrected chi connectivity index (χ3v) is 7.13. The topological polar surface area (TPSA) is 68.4 Å². The van der Waals surface area contributed by atoms with Gasteiger partial charge in [0.25, 0.3) is 11.7 Å². The summed E-state index contributed by atoms with van der Waals surface area (Å²) in [6.45, 7) is 8.95. The van der Waals surface area contributed by atoms with Gasteiger partial charge in [-0.3, -0.25) is 9.59 Å². The highest BCUT2D eigenvalue weighted by molar-refractivity contribution is 6.44. The smallest absolute Gasteiger partial charge is 0.295 e. The summed E-state index contributed by atoms with van der Waals surface area (Å²) in [5, 5.41) is 4.00. The average molecular weight is 457 g/mol. The van der Waals surface area contributed by atoms with E-state index in [0.717, 1.165) is 61.2 Å². The number of hydrogen-bond acceptors (Lipinski definition) is 4. The van der Waals surface area contributed by atoms with Crippen LogP contribution in [0.4, 0.5) is 0 Å². The van der Waals surface area contributed by atoms with Gasteiger partial charge in [0.05, 0.1) is 5.56 Å². The number of hydrogen-bond donors (Lipinski definition) is 2. The number of nitrogens with one attached hydrogen (secondary N) is 2. The van der Waals surface area contributed by atoms with E-state index in [4.69, 9.17) is 0 Å². The number of H-pyrrole nitrogens is 1. The first-order chi connectivity index (χ1) is 16.6. The second-order valence-electron chi connectivity index (χ2n) is 9.42. The van der Waals surface area contributed by atoms with E-state index in [1.54, 1.807) is 11.1 Å². The SMILES string of the molecule is C=C(c1ccc2[nH]cc(C(=O)C(=O)N3CCNCC3)c2c1)N1CCCC(Cc2ccccc2)C1. The van der Waals surface area contributed by atoms with Crippen molar-refractivity contribution in [3.05, 3.63) is 78.0 Å². The number of fused-ring (bicyclic) bond motifs is 1. The minimum atomic E-state index is -0.447. The van der Waals surface area contributed by atoms with E-state index in [9.17, 15) is 9.59 Å². The summed E-state index contributed by atoms with van der Waals surface area (Å²) in [5.74, 6) is -0.277. The van der Waals surface area contributed by atoms with E-state index in [0.29, 0.717) is 24.6 Å². The number of carbonyl (C=O) groups is 2. The first-order valence-electron chi connectivity index (χ1n) is 12.2.